The largest absolute Gasteiger partial charge is 0.392 e. The van der Waals surface area contributed by atoms with Crippen LogP contribution in [0.25, 0.3) is 0 Å². The van der Waals surface area contributed by atoms with Gasteiger partial charge in [0.2, 0.25) is 0 Å². The third-order valence-electron chi connectivity index (χ3n) is 1.02. The van der Waals surface area contributed by atoms with E-state index in [1.54, 1.807) is 6.07 Å². The Morgan fingerprint density at radius 3 is 2.73 bits per heavy atom. The maximum absolute atomic E-state index is 10.2. The first-order chi connectivity index (χ1) is 5.15. The smallest absolute Gasteiger partial charge is 0.348 e. The normalized spacial score (nSPS) is 9.00. The van der Waals surface area contributed by atoms with Gasteiger partial charge < -0.3 is 5.73 Å². The summed E-state index contributed by atoms with van der Waals surface area (Å²) < 4.78 is 0. The van der Waals surface area contributed by atoms with Crippen molar-refractivity contribution >= 4 is 22.0 Å². The zero-order valence-corrected chi connectivity index (χ0v) is 6.09. The molecule has 0 saturated heterocycles. The van der Waals surface area contributed by atoms with Crippen LogP contribution in [0.15, 0.2) is 6.07 Å². The van der Waals surface area contributed by atoms with E-state index in [4.69, 9.17) is 11.0 Å². The van der Waals surface area contributed by atoms with E-state index in [1.807, 2.05) is 0 Å². The Hall–Kier alpha value is -1.61. The zero-order valence-electron chi connectivity index (χ0n) is 5.27. The van der Waals surface area contributed by atoms with Crippen molar-refractivity contribution in [1.82, 2.24) is 0 Å². The minimum absolute atomic E-state index is 0.0524. The Bertz CT molecular complexity index is 338. The Labute approximate surface area is 65.8 Å². The monoisotopic (exact) mass is 169 g/mol. The Balaban J connectivity index is 3.20. The summed E-state index contributed by atoms with van der Waals surface area (Å²) in [6, 6.07) is 3.07. The number of nitrogens with two attached hydrogens (primary N) is 1. The highest BCUT2D eigenvalue weighted by molar-refractivity contribution is 7.16. The molecule has 0 amide bonds. The molecule has 1 rings (SSSR count). The minimum Gasteiger partial charge on any atom is -0.392 e. The van der Waals surface area contributed by atoms with Gasteiger partial charge in [-0.25, -0.2) is 0 Å². The van der Waals surface area contributed by atoms with Crippen molar-refractivity contribution in [2.75, 3.05) is 5.73 Å². The van der Waals surface area contributed by atoms with Crippen molar-refractivity contribution in [1.29, 1.82) is 5.26 Å². The lowest BCUT2D eigenvalue weighted by Crippen LogP contribution is -1.89. The van der Waals surface area contributed by atoms with Crippen LogP contribution >= 0.6 is 11.3 Å². The Morgan fingerprint density at radius 1 is 1.82 bits per heavy atom. The topological polar surface area (TPSA) is 93.0 Å². The number of thiophene rings is 1. The van der Waals surface area contributed by atoms with Crippen molar-refractivity contribution in [2.24, 2.45) is 0 Å². The quantitative estimate of drug-likeness (QED) is 0.503. The van der Waals surface area contributed by atoms with Crippen LogP contribution < -0.4 is 5.73 Å². The fourth-order valence-corrected chi connectivity index (χ4v) is 1.28. The SMILES string of the molecule is N#Cc1cc(N)c([N+](=O)[O-])s1. The molecule has 11 heavy (non-hydrogen) atoms. The lowest BCUT2D eigenvalue weighted by molar-refractivity contribution is -0.379. The molecule has 1 heterocycles. The summed E-state index contributed by atoms with van der Waals surface area (Å²) in [5, 5.41) is 18.4. The summed E-state index contributed by atoms with van der Waals surface area (Å²) in [5.41, 5.74) is 5.29. The Morgan fingerprint density at radius 2 is 2.45 bits per heavy atom. The van der Waals surface area contributed by atoms with Crippen molar-refractivity contribution in [3.05, 3.63) is 21.1 Å². The van der Waals surface area contributed by atoms with E-state index in [-0.39, 0.29) is 15.6 Å². The van der Waals surface area contributed by atoms with Crippen molar-refractivity contribution in [3.63, 3.8) is 0 Å². The van der Waals surface area contributed by atoms with Gasteiger partial charge in [0, 0.05) is 0 Å². The molecular formula is C5H3N3O2S. The molecule has 56 valence electrons. The first kappa shape index (κ1) is 7.50. The molecule has 5 nitrogen and oxygen atoms in total. The number of anilines is 1. The fraction of sp³-hybridized carbons (Fsp3) is 0. The van der Waals surface area contributed by atoms with Crippen molar-refractivity contribution < 1.29 is 4.92 Å². The van der Waals surface area contributed by atoms with E-state index in [2.05, 4.69) is 0 Å². The van der Waals surface area contributed by atoms with Crippen LogP contribution in [0, 0.1) is 21.4 Å². The van der Waals surface area contributed by atoms with Gasteiger partial charge in [-0.1, -0.05) is 0 Å². The zero-order chi connectivity index (χ0) is 8.43. The molecule has 0 unspecified atom stereocenters. The molecule has 0 atom stereocenters. The summed E-state index contributed by atoms with van der Waals surface area (Å²) in [5.74, 6) is 0. The van der Waals surface area contributed by atoms with Gasteiger partial charge in [0.1, 0.15) is 16.6 Å². The number of nitriles is 1. The van der Waals surface area contributed by atoms with E-state index >= 15 is 0 Å². The van der Waals surface area contributed by atoms with Gasteiger partial charge in [-0.05, 0) is 17.4 Å². The third kappa shape index (κ3) is 1.28. The summed E-state index contributed by atoms with van der Waals surface area (Å²) >= 11 is 0.782. The van der Waals surface area contributed by atoms with Crippen LogP contribution in [0.4, 0.5) is 10.7 Å². The predicted octanol–water partition coefficient (Wildman–Crippen LogP) is 1.11. The minimum atomic E-state index is -0.596. The van der Waals surface area contributed by atoms with Gasteiger partial charge >= 0.3 is 5.00 Å². The molecule has 1 aromatic rings. The summed E-state index contributed by atoms with van der Waals surface area (Å²) in [6.07, 6.45) is 0. The molecule has 2 N–H and O–H groups in total. The van der Waals surface area contributed by atoms with E-state index in [0.29, 0.717) is 0 Å². The lowest BCUT2D eigenvalue weighted by atomic mass is 10.4. The lowest BCUT2D eigenvalue weighted by Gasteiger charge is -1.83. The van der Waals surface area contributed by atoms with Crippen LogP contribution in [-0.2, 0) is 0 Å². The second-order valence-electron chi connectivity index (χ2n) is 1.74. The summed E-state index contributed by atoms with van der Waals surface area (Å²) in [4.78, 5) is 9.84. The molecule has 0 radical (unpaired) electrons. The fourth-order valence-electron chi connectivity index (χ4n) is 0.593. The van der Waals surface area contributed by atoms with Crippen molar-refractivity contribution in [2.45, 2.75) is 0 Å². The number of hydrogen-bond donors (Lipinski definition) is 1. The molecule has 1 aromatic heterocycles. The van der Waals surface area contributed by atoms with Crippen LogP contribution in [-0.4, -0.2) is 4.92 Å². The molecule has 0 bridgehead atoms. The van der Waals surface area contributed by atoms with E-state index in [1.165, 1.54) is 6.07 Å². The summed E-state index contributed by atoms with van der Waals surface area (Å²) in [6.45, 7) is 0. The Kier molecular flexibility index (Phi) is 1.74. The van der Waals surface area contributed by atoms with Crippen LogP contribution in [0.5, 0.6) is 0 Å². The molecule has 0 spiro atoms. The number of nitro groups is 1. The first-order valence-corrected chi connectivity index (χ1v) is 3.40. The van der Waals surface area contributed by atoms with Gasteiger partial charge in [0.05, 0.1) is 4.92 Å². The number of hydrogen-bond acceptors (Lipinski definition) is 5. The third-order valence-corrected chi connectivity index (χ3v) is 2.02. The van der Waals surface area contributed by atoms with Gasteiger partial charge in [0.25, 0.3) is 0 Å². The van der Waals surface area contributed by atoms with Crippen LogP contribution in [0.3, 0.4) is 0 Å². The molecule has 0 saturated carbocycles. The van der Waals surface area contributed by atoms with Gasteiger partial charge in [-0.15, -0.1) is 0 Å². The standard InChI is InChI=1S/C5H3N3O2S/c6-2-3-1-4(7)5(11-3)8(9)10/h1H,7H2. The van der Waals surface area contributed by atoms with E-state index < -0.39 is 4.92 Å². The molecule has 0 aromatic carbocycles. The van der Waals surface area contributed by atoms with E-state index in [9.17, 15) is 10.1 Å². The molecule has 0 fully saturated rings. The second kappa shape index (κ2) is 2.56. The van der Waals surface area contributed by atoms with Gasteiger partial charge in [-0.2, -0.15) is 5.26 Å². The molecule has 6 heteroatoms. The predicted molar refractivity (Wildman–Crippen MR) is 40.1 cm³/mol. The molecule has 0 aliphatic rings. The highest BCUT2D eigenvalue weighted by Crippen LogP contribution is 2.31. The maximum atomic E-state index is 10.2. The number of nitrogen functional groups attached to an aromatic ring is 1. The molecular weight excluding hydrogens is 166 g/mol. The van der Waals surface area contributed by atoms with E-state index in [0.717, 1.165) is 11.3 Å². The average Bonchev–Trinajstić information content (AvgIpc) is 2.30. The highest BCUT2D eigenvalue weighted by atomic mass is 32.1. The second-order valence-corrected chi connectivity index (χ2v) is 2.77. The first-order valence-electron chi connectivity index (χ1n) is 2.59. The molecule has 0 aliphatic carbocycles. The molecule has 0 aliphatic heterocycles. The highest BCUT2D eigenvalue weighted by Gasteiger charge is 2.15. The average molecular weight is 169 g/mol. The number of nitrogens with zero attached hydrogens (tertiary/aromatic N) is 2. The van der Waals surface area contributed by atoms with Crippen molar-refractivity contribution in [3.8, 4) is 6.07 Å². The summed E-state index contributed by atoms with van der Waals surface area (Å²) in [7, 11) is 0. The van der Waals surface area contributed by atoms with Gasteiger partial charge in [0.15, 0.2) is 0 Å². The van der Waals surface area contributed by atoms with Crippen LogP contribution in [0.1, 0.15) is 4.88 Å². The maximum Gasteiger partial charge on any atom is 0.348 e. The number of rotatable bonds is 1. The van der Waals surface area contributed by atoms with Gasteiger partial charge in [-0.3, -0.25) is 10.1 Å². The van der Waals surface area contributed by atoms with Crippen LogP contribution in [0.2, 0.25) is 0 Å².